The van der Waals surface area contributed by atoms with Crippen LogP contribution in [-0.2, 0) is 0 Å². The fourth-order valence-electron chi connectivity index (χ4n) is 2.48. The first-order valence-electron chi connectivity index (χ1n) is 6.28. The lowest BCUT2D eigenvalue weighted by atomic mass is 10.0. The Morgan fingerprint density at radius 1 is 1.00 bits per heavy atom. The van der Waals surface area contributed by atoms with Gasteiger partial charge in [-0.15, -0.1) is 5.43 Å². The molecule has 20 heavy (non-hydrogen) atoms. The van der Waals surface area contributed by atoms with Crippen molar-refractivity contribution in [2.75, 3.05) is 0 Å². The SMILES string of the molecule is C=[N+](NC(=N)N)c1c2ccccc2cc2ccccc12. The molecule has 0 saturated carbocycles. The largest absolute Gasteiger partial charge is 0.366 e. The van der Waals surface area contributed by atoms with Gasteiger partial charge in [0.15, 0.2) is 6.72 Å². The number of nitrogens with zero attached hydrogens (tertiary/aromatic N) is 1. The number of benzene rings is 3. The zero-order chi connectivity index (χ0) is 14.1. The third-order valence-electron chi connectivity index (χ3n) is 3.27. The number of hydrogen-bond donors (Lipinski definition) is 3. The van der Waals surface area contributed by atoms with Crippen molar-refractivity contribution < 1.29 is 4.68 Å². The molecule has 0 heterocycles. The van der Waals surface area contributed by atoms with Crippen LogP contribution in [0, 0.1) is 5.41 Å². The van der Waals surface area contributed by atoms with Crippen LogP contribution in [0.3, 0.4) is 0 Å². The summed E-state index contributed by atoms with van der Waals surface area (Å²) in [6.45, 7) is 3.95. The predicted molar refractivity (Wildman–Crippen MR) is 83.5 cm³/mol. The number of hydrogen-bond acceptors (Lipinski definition) is 1. The van der Waals surface area contributed by atoms with E-state index in [1.807, 2.05) is 36.4 Å². The van der Waals surface area contributed by atoms with Gasteiger partial charge < -0.3 is 5.73 Å². The fraction of sp³-hybridized carbons (Fsp3) is 0. The first kappa shape index (κ1) is 12.2. The lowest BCUT2D eigenvalue weighted by molar-refractivity contribution is -0.475. The molecule has 3 rings (SSSR count). The van der Waals surface area contributed by atoms with Gasteiger partial charge in [0.25, 0.3) is 5.69 Å². The molecule has 0 saturated heterocycles. The van der Waals surface area contributed by atoms with E-state index in [2.05, 4.69) is 30.3 Å². The molecule has 0 aliphatic carbocycles. The number of rotatable bonds is 2. The van der Waals surface area contributed by atoms with Gasteiger partial charge in [0, 0.05) is 0 Å². The van der Waals surface area contributed by atoms with E-state index >= 15 is 0 Å². The second-order valence-electron chi connectivity index (χ2n) is 4.62. The van der Waals surface area contributed by atoms with Gasteiger partial charge in [-0.05, 0) is 29.0 Å². The van der Waals surface area contributed by atoms with Gasteiger partial charge in [0.2, 0.25) is 5.96 Å². The monoisotopic (exact) mass is 263 g/mol. The number of nitrogens with two attached hydrogens (primary N) is 1. The van der Waals surface area contributed by atoms with E-state index in [1.165, 1.54) is 0 Å². The van der Waals surface area contributed by atoms with Gasteiger partial charge in [0.05, 0.1) is 10.8 Å². The van der Waals surface area contributed by atoms with Crippen LogP contribution in [0.25, 0.3) is 21.5 Å². The Morgan fingerprint density at radius 3 is 2.00 bits per heavy atom. The maximum absolute atomic E-state index is 7.38. The summed E-state index contributed by atoms with van der Waals surface area (Å²) >= 11 is 0. The van der Waals surface area contributed by atoms with E-state index in [1.54, 1.807) is 4.68 Å². The van der Waals surface area contributed by atoms with Crippen molar-refractivity contribution >= 4 is 39.9 Å². The van der Waals surface area contributed by atoms with E-state index in [-0.39, 0.29) is 5.96 Å². The predicted octanol–water partition coefficient (Wildman–Crippen LogP) is 2.74. The molecular formula is C16H15N4+. The summed E-state index contributed by atoms with van der Waals surface area (Å²) in [5, 5.41) is 11.8. The zero-order valence-corrected chi connectivity index (χ0v) is 10.9. The van der Waals surface area contributed by atoms with Gasteiger partial charge in [-0.25, -0.2) is 0 Å². The fourth-order valence-corrected chi connectivity index (χ4v) is 2.48. The van der Waals surface area contributed by atoms with Crippen LogP contribution in [0.4, 0.5) is 5.69 Å². The Balaban J connectivity index is 2.39. The van der Waals surface area contributed by atoms with E-state index in [9.17, 15) is 0 Å². The van der Waals surface area contributed by atoms with Crippen LogP contribution in [0.1, 0.15) is 0 Å². The lowest BCUT2D eigenvalue weighted by Crippen LogP contribution is -2.36. The molecule has 0 aliphatic rings. The number of hydrazone groups is 1. The van der Waals surface area contributed by atoms with E-state index in [0.717, 1.165) is 27.2 Å². The van der Waals surface area contributed by atoms with Crippen molar-refractivity contribution in [2.24, 2.45) is 5.73 Å². The topological polar surface area (TPSA) is 64.9 Å². The minimum Gasteiger partial charge on any atom is -0.366 e. The van der Waals surface area contributed by atoms with Crippen molar-refractivity contribution in [3.63, 3.8) is 0 Å². The maximum Gasteiger partial charge on any atom is 0.250 e. The Labute approximate surface area is 116 Å². The standard InChI is InChI=1S/C16H15N4/c1-20(19-16(17)18)15-13-8-4-2-6-11(13)10-12-7-3-5-9-14(12)15/h2-10H,1H2,(H4,17,18,19)/q+1. The summed E-state index contributed by atoms with van der Waals surface area (Å²) in [5.74, 6) is -0.142. The average Bonchev–Trinajstić information content (AvgIpc) is 2.43. The molecule has 0 aromatic heterocycles. The second kappa shape index (κ2) is 4.66. The molecule has 0 atom stereocenters. The second-order valence-corrected chi connectivity index (χ2v) is 4.62. The van der Waals surface area contributed by atoms with E-state index < -0.39 is 0 Å². The van der Waals surface area contributed by atoms with Crippen molar-refractivity contribution in [1.29, 1.82) is 5.41 Å². The van der Waals surface area contributed by atoms with Gasteiger partial charge in [-0.1, -0.05) is 41.1 Å². The minimum absolute atomic E-state index is 0.142. The Bertz CT molecular complexity index is 782. The minimum atomic E-state index is -0.142. The molecule has 4 nitrogen and oxygen atoms in total. The summed E-state index contributed by atoms with van der Waals surface area (Å²) in [7, 11) is 0. The highest BCUT2D eigenvalue weighted by Crippen LogP contribution is 2.33. The first-order valence-corrected chi connectivity index (χ1v) is 6.28. The van der Waals surface area contributed by atoms with Crippen LogP contribution in [0.15, 0.2) is 54.6 Å². The summed E-state index contributed by atoms with van der Waals surface area (Å²) < 4.78 is 1.55. The number of fused-ring (bicyclic) bond motifs is 2. The zero-order valence-electron chi connectivity index (χ0n) is 10.9. The van der Waals surface area contributed by atoms with E-state index in [4.69, 9.17) is 11.1 Å². The highest BCUT2D eigenvalue weighted by Gasteiger charge is 2.17. The van der Waals surface area contributed by atoms with Gasteiger partial charge in [-0.2, -0.15) is 0 Å². The van der Waals surface area contributed by atoms with Crippen molar-refractivity contribution in [3.8, 4) is 0 Å². The summed E-state index contributed by atoms with van der Waals surface area (Å²) in [5.41, 5.74) is 9.05. The lowest BCUT2D eigenvalue weighted by Gasteiger charge is -2.08. The summed E-state index contributed by atoms with van der Waals surface area (Å²) in [4.78, 5) is 0. The van der Waals surface area contributed by atoms with Crippen LogP contribution in [0.5, 0.6) is 0 Å². The third kappa shape index (κ3) is 1.97. The molecular weight excluding hydrogens is 248 g/mol. The average molecular weight is 263 g/mol. The van der Waals surface area contributed by atoms with Gasteiger partial charge in [-0.3, -0.25) is 5.41 Å². The molecule has 0 fully saturated rings. The Morgan fingerprint density at radius 2 is 1.50 bits per heavy atom. The van der Waals surface area contributed by atoms with Crippen LogP contribution in [-0.4, -0.2) is 17.4 Å². The smallest absolute Gasteiger partial charge is 0.250 e. The molecule has 3 aromatic rings. The van der Waals surface area contributed by atoms with Gasteiger partial charge in [0.1, 0.15) is 0 Å². The third-order valence-corrected chi connectivity index (χ3v) is 3.27. The maximum atomic E-state index is 7.38. The van der Waals surface area contributed by atoms with Crippen LogP contribution < -0.4 is 11.2 Å². The first-order chi connectivity index (χ1) is 9.66. The molecule has 4 heteroatoms. The van der Waals surface area contributed by atoms with Gasteiger partial charge >= 0.3 is 0 Å². The molecule has 0 aliphatic heterocycles. The number of hydrazine groups is 1. The molecule has 0 amide bonds. The Kier molecular flexibility index (Phi) is 2.84. The molecule has 0 radical (unpaired) electrons. The molecule has 0 unspecified atom stereocenters. The summed E-state index contributed by atoms with van der Waals surface area (Å²) in [6, 6.07) is 18.3. The highest BCUT2D eigenvalue weighted by molar-refractivity contribution is 6.08. The molecule has 0 bridgehead atoms. The molecule has 0 spiro atoms. The van der Waals surface area contributed by atoms with Crippen molar-refractivity contribution in [2.45, 2.75) is 0 Å². The number of nitrogens with one attached hydrogen (secondary N) is 2. The number of guanidine groups is 1. The quantitative estimate of drug-likeness (QED) is 0.219. The normalized spacial score (nSPS) is 10.6. The molecule has 4 N–H and O–H groups in total. The molecule has 3 aromatic carbocycles. The van der Waals surface area contributed by atoms with E-state index in [0.29, 0.717) is 0 Å². The van der Waals surface area contributed by atoms with Crippen molar-refractivity contribution in [3.05, 3.63) is 54.6 Å². The van der Waals surface area contributed by atoms with Crippen LogP contribution in [0.2, 0.25) is 0 Å². The van der Waals surface area contributed by atoms with Crippen LogP contribution >= 0.6 is 0 Å². The summed E-state index contributed by atoms with van der Waals surface area (Å²) in [6.07, 6.45) is 0. The Hall–Kier alpha value is -2.88. The molecule has 98 valence electrons. The van der Waals surface area contributed by atoms with Crippen molar-refractivity contribution in [1.82, 2.24) is 5.43 Å². The highest BCUT2D eigenvalue weighted by atomic mass is 15.5.